The van der Waals surface area contributed by atoms with Gasteiger partial charge in [-0.05, 0) is 34.5 Å². The summed E-state index contributed by atoms with van der Waals surface area (Å²) in [4.78, 5) is 12.0. The van der Waals surface area contributed by atoms with Crippen LogP contribution in [0.15, 0.2) is 35.0 Å². The van der Waals surface area contributed by atoms with Crippen molar-refractivity contribution < 1.29 is 14.6 Å². The minimum atomic E-state index is -0.715. The van der Waals surface area contributed by atoms with Crippen LogP contribution in [0.1, 0.15) is 22.0 Å². The first-order valence-corrected chi connectivity index (χ1v) is 6.97. The van der Waals surface area contributed by atoms with E-state index in [1.807, 2.05) is 16.8 Å². The Kier molecular flexibility index (Phi) is 4.60. The average Bonchev–Trinajstić information content (AvgIpc) is 2.97. The molecule has 0 saturated carbocycles. The second-order valence-electron chi connectivity index (χ2n) is 4.28. The van der Waals surface area contributed by atoms with Crippen LogP contribution in [0.2, 0.25) is 0 Å². The van der Waals surface area contributed by atoms with Crippen LogP contribution in [0.3, 0.4) is 0 Å². The summed E-state index contributed by atoms with van der Waals surface area (Å²) in [7, 11) is 1.51. The van der Waals surface area contributed by atoms with E-state index in [4.69, 9.17) is 10.5 Å². The minimum absolute atomic E-state index is 0.146. The summed E-state index contributed by atoms with van der Waals surface area (Å²) in [6.07, 6.45) is -0.715. The van der Waals surface area contributed by atoms with Crippen LogP contribution >= 0.6 is 11.3 Å². The molecule has 0 aliphatic carbocycles. The maximum Gasteiger partial charge on any atom is 0.251 e. The van der Waals surface area contributed by atoms with E-state index in [1.54, 1.807) is 18.2 Å². The zero-order chi connectivity index (χ0) is 14.5. The number of nitrogens with two attached hydrogens (primary N) is 1. The molecule has 0 aliphatic heterocycles. The predicted octanol–water partition coefficient (Wildman–Crippen LogP) is 1.80. The van der Waals surface area contributed by atoms with Gasteiger partial charge in [-0.15, -0.1) is 0 Å². The van der Waals surface area contributed by atoms with Gasteiger partial charge < -0.3 is 20.9 Å². The number of amides is 1. The van der Waals surface area contributed by atoms with Crippen molar-refractivity contribution in [3.63, 3.8) is 0 Å². The van der Waals surface area contributed by atoms with Crippen molar-refractivity contribution in [1.29, 1.82) is 0 Å². The monoisotopic (exact) mass is 292 g/mol. The van der Waals surface area contributed by atoms with Gasteiger partial charge in [0, 0.05) is 23.9 Å². The molecule has 1 aromatic carbocycles. The van der Waals surface area contributed by atoms with Gasteiger partial charge in [0.2, 0.25) is 0 Å². The van der Waals surface area contributed by atoms with Crippen LogP contribution in [0.4, 0.5) is 5.69 Å². The first kappa shape index (κ1) is 14.4. The first-order valence-electron chi connectivity index (χ1n) is 6.03. The third-order valence-corrected chi connectivity index (χ3v) is 3.51. The number of benzene rings is 1. The number of methoxy groups -OCH3 is 1. The fourth-order valence-corrected chi connectivity index (χ4v) is 2.45. The molecule has 2 aromatic rings. The summed E-state index contributed by atoms with van der Waals surface area (Å²) >= 11 is 1.50. The Labute approximate surface area is 121 Å². The Balaban J connectivity index is 2.00. The Morgan fingerprint density at radius 2 is 2.30 bits per heavy atom. The number of carbonyl (C=O) groups is 1. The number of anilines is 1. The van der Waals surface area contributed by atoms with Gasteiger partial charge in [0.05, 0.1) is 13.2 Å². The zero-order valence-corrected chi connectivity index (χ0v) is 11.8. The molecule has 0 saturated heterocycles. The molecule has 0 fully saturated rings. The summed E-state index contributed by atoms with van der Waals surface area (Å²) in [6.45, 7) is 0.146. The van der Waals surface area contributed by atoms with Crippen LogP contribution in [0, 0.1) is 0 Å². The number of ether oxygens (including phenoxy) is 1. The Morgan fingerprint density at radius 3 is 2.95 bits per heavy atom. The number of thiophene rings is 1. The largest absolute Gasteiger partial charge is 0.497 e. The van der Waals surface area contributed by atoms with Crippen LogP contribution in [-0.2, 0) is 0 Å². The second kappa shape index (κ2) is 6.40. The molecule has 20 heavy (non-hydrogen) atoms. The summed E-state index contributed by atoms with van der Waals surface area (Å²) < 4.78 is 5.06. The van der Waals surface area contributed by atoms with Crippen molar-refractivity contribution in [3.8, 4) is 5.75 Å². The van der Waals surface area contributed by atoms with Crippen LogP contribution in [-0.4, -0.2) is 24.7 Å². The molecule has 106 valence electrons. The topological polar surface area (TPSA) is 84.6 Å². The van der Waals surface area contributed by atoms with Crippen LogP contribution < -0.4 is 15.8 Å². The van der Waals surface area contributed by atoms with Crippen molar-refractivity contribution >= 4 is 22.9 Å². The number of hydrogen-bond donors (Lipinski definition) is 3. The van der Waals surface area contributed by atoms with E-state index < -0.39 is 6.10 Å². The molecule has 0 aliphatic rings. The van der Waals surface area contributed by atoms with Gasteiger partial charge in [-0.1, -0.05) is 0 Å². The van der Waals surface area contributed by atoms with Crippen LogP contribution in [0.25, 0.3) is 0 Å². The Bertz CT molecular complexity index is 584. The molecule has 1 heterocycles. The second-order valence-corrected chi connectivity index (χ2v) is 5.06. The molecular formula is C14H16N2O3S. The van der Waals surface area contributed by atoms with Gasteiger partial charge in [-0.25, -0.2) is 0 Å². The van der Waals surface area contributed by atoms with Gasteiger partial charge in [0.25, 0.3) is 5.91 Å². The van der Waals surface area contributed by atoms with E-state index in [-0.39, 0.29) is 12.5 Å². The molecule has 1 unspecified atom stereocenters. The van der Waals surface area contributed by atoms with E-state index in [0.29, 0.717) is 17.0 Å². The van der Waals surface area contributed by atoms with E-state index >= 15 is 0 Å². The number of rotatable bonds is 5. The molecule has 0 bridgehead atoms. The number of nitrogens with one attached hydrogen (secondary N) is 1. The lowest BCUT2D eigenvalue weighted by molar-refractivity contribution is 0.0916. The SMILES string of the molecule is COc1cc(N)cc(C(=O)NCC(O)c2ccsc2)c1. The lowest BCUT2D eigenvalue weighted by atomic mass is 10.1. The molecule has 4 N–H and O–H groups in total. The van der Waals surface area contributed by atoms with Gasteiger partial charge in [0.15, 0.2) is 0 Å². The molecule has 1 aromatic heterocycles. The van der Waals surface area contributed by atoms with Gasteiger partial charge >= 0.3 is 0 Å². The molecule has 5 nitrogen and oxygen atoms in total. The van der Waals surface area contributed by atoms with Gasteiger partial charge in [-0.2, -0.15) is 11.3 Å². The number of hydrogen-bond acceptors (Lipinski definition) is 5. The minimum Gasteiger partial charge on any atom is -0.497 e. The summed E-state index contributed by atoms with van der Waals surface area (Å²) in [5, 5.41) is 16.3. The van der Waals surface area contributed by atoms with E-state index in [0.717, 1.165) is 5.56 Å². The molecule has 0 spiro atoms. The first-order chi connectivity index (χ1) is 9.60. The van der Waals surface area contributed by atoms with Crippen molar-refractivity contribution in [3.05, 3.63) is 46.2 Å². The maximum atomic E-state index is 12.0. The van der Waals surface area contributed by atoms with Gasteiger partial charge in [-0.3, -0.25) is 4.79 Å². The summed E-state index contributed by atoms with van der Waals surface area (Å²) in [6, 6.07) is 6.62. The van der Waals surface area contributed by atoms with Crippen molar-refractivity contribution in [1.82, 2.24) is 5.32 Å². The predicted molar refractivity (Wildman–Crippen MR) is 79.0 cm³/mol. The molecule has 6 heteroatoms. The summed E-state index contributed by atoms with van der Waals surface area (Å²) in [5.41, 5.74) is 7.34. The fraction of sp³-hybridized carbons (Fsp3) is 0.214. The number of aliphatic hydroxyl groups excluding tert-OH is 1. The Hall–Kier alpha value is -2.05. The highest BCUT2D eigenvalue weighted by molar-refractivity contribution is 7.07. The average molecular weight is 292 g/mol. The lowest BCUT2D eigenvalue weighted by Gasteiger charge is -2.11. The Morgan fingerprint density at radius 1 is 1.50 bits per heavy atom. The van der Waals surface area contributed by atoms with E-state index in [9.17, 15) is 9.90 Å². The zero-order valence-electron chi connectivity index (χ0n) is 11.0. The van der Waals surface area contributed by atoms with E-state index in [1.165, 1.54) is 18.4 Å². The molecule has 2 rings (SSSR count). The maximum absolute atomic E-state index is 12.0. The number of aliphatic hydroxyl groups is 1. The number of nitrogen functional groups attached to an aromatic ring is 1. The molecule has 0 radical (unpaired) electrons. The summed E-state index contributed by atoms with van der Waals surface area (Å²) in [5.74, 6) is 0.221. The highest BCUT2D eigenvalue weighted by Gasteiger charge is 2.12. The third-order valence-electron chi connectivity index (χ3n) is 2.81. The van der Waals surface area contributed by atoms with Crippen LogP contribution in [0.5, 0.6) is 5.75 Å². The van der Waals surface area contributed by atoms with Crippen molar-refractivity contribution in [2.24, 2.45) is 0 Å². The smallest absolute Gasteiger partial charge is 0.251 e. The van der Waals surface area contributed by atoms with Crippen molar-refractivity contribution in [2.75, 3.05) is 19.4 Å². The quantitative estimate of drug-likeness (QED) is 0.734. The van der Waals surface area contributed by atoms with Crippen molar-refractivity contribution in [2.45, 2.75) is 6.10 Å². The number of carbonyl (C=O) groups excluding carboxylic acids is 1. The molecule has 1 amide bonds. The highest BCUT2D eigenvalue weighted by Crippen LogP contribution is 2.19. The highest BCUT2D eigenvalue weighted by atomic mass is 32.1. The standard InChI is InChI=1S/C14H16N2O3S/c1-19-12-5-10(4-11(15)6-12)14(18)16-7-13(17)9-2-3-20-8-9/h2-6,8,13,17H,7,15H2,1H3,(H,16,18). The van der Waals surface area contributed by atoms with E-state index in [2.05, 4.69) is 5.32 Å². The fourth-order valence-electron chi connectivity index (χ4n) is 1.74. The normalized spacial score (nSPS) is 11.9. The van der Waals surface area contributed by atoms with Gasteiger partial charge in [0.1, 0.15) is 5.75 Å². The third kappa shape index (κ3) is 3.49. The lowest BCUT2D eigenvalue weighted by Crippen LogP contribution is -2.28. The molecule has 1 atom stereocenters. The molecular weight excluding hydrogens is 276 g/mol.